The van der Waals surface area contributed by atoms with E-state index in [2.05, 4.69) is 59.5 Å². The van der Waals surface area contributed by atoms with Crippen molar-refractivity contribution in [1.29, 1.82) is 0 Å². The third kappa shape index (κ3) is 3.26. The van der Waals surface area contributed by atoms with Gasteiger partial charge in [-0.1, -0.05) is 53.1 Å². The van der Waals surface area contributed by atoms with Gasteiger partial charge in [-0.15, -0.1) is 0 Å². The Morgan fingerprint density at radius 1 is 0.818 bits per heavy atom. The first-order chi connectivity index (χ1) is 10.6. The van der Waals surface area contributed by atoms with E-state index in [9.17, 15) is 0 Å². The van der Waals surface area contributed by atoms with Crippen molar-refractivity contribution in [2.24, 2.45) is 0 Å². The number of anilines is 2. The number of nitrogens with one attached hydrogen (secondary N) is 1. The first-order valence-corrected chi connectivity index (χ1v) is 7.42. The number of aromatic nitrogens is 2. The van der Waals surface area contributed by atoms with Gasteiger partial charge in [0.2, 0.25) is 0 Å². The predicted octanol–water partition coefficient (Wildman–Crippen LogP) is 5.16. The van der Waals surface area contributed by atoms with Crippen LogP contribution >= 0.6 is 11.6 Å². The molecule has 1 heterocycles. The van der Waals surface area contributed by atoms with Crippen LogP contribution in [0.3, 0.4) is 0 Å². The van der Waals surface area contributed by atoms with E-state index in [1.165, 1.54) is 22.3 Å². The second-order valence-electron chi connectivity index (χ2n) is 5.27. The zero-order valence-corrected chi connectivity index (χ0v) is 13.2. The van der Waals surface area contributed by atoms with E-state index < -0.39 is 0 Å². The smallest absolute Gasteiger partial charge is 0.171 e. The molecule has 0 unspecified atom stereocenters. The number of halogens is 1. The van der Waals surface area contributed by atoms with Gasteiger partial charge in [0.1, 0.15) is 0 Å². The van der Waals surface area contributed by atoms with E-state index in [4.69, 9.17) is 11.6 Å². The van der Waals surface area contributed by atoms with Crippen molar-refractivity contribution >= 4 is 23.1 Å². The average Bonchev–Trinajstić information content (AvgIpc) is 2.49. The van der Waals surface area contributed by atoms with E-state index in [0.29, 0.717) is 11.0 Å². The van der Waals surface area contributed by atoms with Crippen LogP contribution in [0.2, 0.25) is 5.15 Å². The molecule has 3 nitrogen and oxygen atoms in total. The molecule has 1 aromatic heterocycles. The molecule has 0 amide bonds. The first-order valence-electron chi connectivity index (χ1n) is 7.04. The molecule has 2 aromatic carbocycles. The molecule has 22 heavy (non-hydrogen) atoms. The van der Waals surface area contributed by atoms with E-state index in [1.54, 1.807) is 12.4 Å². The minimum atomic E-state index is 0.362. The van der Waals surface area contributed by atoms with Crippen LogP contribution in [0, 0.1) is 13.8 Å². The van der Waals surface area contributed by atoms with Gasteiger partial charge in [-0.3, -0.25) is 0 Å². The Labute approximate surface area is 135 Å². The molecule has 110 valence electrons. The lowest BCUT2D eigenvalue weighted by molar-refractivity contribution is 1.20. The van der Waals surface area contributed by atoms with E-state index in [0.717, 1.165) is 5.69 Å². The second kappa shape index (κ2) is 6.16. The fraction of sp³-hybridized carbons (Fsp3) is 0.111. The predicted molar refractivity (Wildman–Crippen MR) is 91.7 cm³/mol. The molecule has 3 rings (SSSR count). The molecule has 0 spiro atoms. The summed E-state index contributed by atoms with van der Waals surface area (Å²) in [5.74, 6) is 0.559. The van der Waals surface area contributed by atoms with Gasteiger partial charge in [-0.2, -0.15) is 0 Å². The highest BCUT2D eigenvalue weighted by Gasteiger charge is 2.04. The van der Waals surface area contributed by atoms with Gasteiger partial charge >= 0.3 is 0 Å². The summed E-state index contributed by atoms with van der Waals surface area (Å²) in [6.07, 6.45) is 3.18. The van der Waals surface area contributed by atoms with Gasteiger partial charge < -0.3 is 5.32 Å². The van der Waals surface area contributed by atoms with Crippen LogP contribution in [0.25, 0.3) is 11.1 Å². The third-order valence-electron chi connectivity index (χ3n) is 3.36. The van der Waals surface area contributed by atoms with Crippen LogP contribution in [0.15, 0.2) is 54.9 Å². The number of aryl methyl sites for hydroxylation is 2. The summed E-state index contributed by atoms with van der Waals surface area (Å²) in [5.41, 5.74) is 5.87. The lowest BCUT2D eigenvalue weighted by Crippen LogP contribution is -1.95. The summed E-state index contributed by atoms with van der Waals surface area (Å²) >= 11 is 6.00. The molecule has 0 radical (unpaired) electrons. The van der Waals surface area contributed by atoms with Crippen LogP contribution in [-0.4, -0.2) is 9.97 Å². The Morgan fingerprint density at radius 3 is 2.09 bits per heavy atom. The maximum Gasteiger partial charge on any atom is 0.171 e. The van der Waals surface area contributed by atoms with Crippen molar-refractivity contribution in [1.82, 2.24) is 9.97 Å². The Hall–Kier alpha value is -2.39. The maximum atomic E-state index is 6.00. The first kappa shape index (κ1) is 14.5. The SMILES string of the molecule is Cc1cc(C)cc(-c2ccc(Nc3nccnc3Cl)cc2)c1. The molecule has 0 aliphatic rings. The number of rotatable bonds is 3. The standard InChI is InChI=1S/C18H16ClN3/c1-12-9-13(2)11-15(10-12)14-3-5-16(6-4-14)22-18-17(19)20-7-8-21-18/h3-11H,1-2H3,(H,21,22). The van der Waals surface area contributed by atoms with Gasteiger partial charge in [0.15, 0.2) is 11.0 Å². The van der Waals surface area contributed by atoms with Gasteiger partial charge in [0.05, 0.1) is 0 Å². The monoisotopic (exact) mass is 309 g/mol. The second-order valence-corrected chi connectivity index (χ2v) is 5.63. The lowest BCUT2D eigenvalue weighted by atomic mass is 10.0. The molecule has 0 aliphatic carbocycles. The average molecular weight is 310 g/mol. The Balaban J connectivity index is 1.85. The Morgan fingerprint density at radius 2 is 1.45 bits per heavy atom. The summed E-state index contributed by atoms with van der Waals surface area (Å²) in [6.45, 7) is 4.23. The number of hydrogen-bond donors (Lipinski definition) is 1. The van der Waals surface area contributed by atoms with Crippen LogP contribution in [0.4, 0.5) is 11.5 Å². The molecule has 0 fully saturated rings. The van der Waals surface area contributed by atoms with Crippen LogP contribution in [0.5, 0.6) is 0 Å². The molecular weight excluding hydrogens is 294 g/mol. The minimum absolute atomic E-state index is 0.362. The highest BCUT2D eigenvalue weighted by atomic mass is 35.5. The number of hydrogen-bond acceptors (Lipinski definition) is 3. The highest BCUT2D eigenvalue weighted by Crippen LogP contribution is 2.26. The van der Waals surface area contributed by atoms with Crippen molar-refractivity contribution in [2.75, 3.05) is 5.32 Å². The molecule has 0 aliphatic heterocycles. The Kier molecular flexibility index (Phi) is 4.07. The molecule has 4 heteroatoms. The Bertz CT molecular complexity index is 777. The van der Waals surface area contributed by atoms with Crippen LogP contribution in [0.1, 0.15) is 11.1 Å². The fourth-order valence-electron chi connectivity index (χ4n) is 2.43. The maximum absolute atomic E-state index is 6.00. The minimum Gasteiger partial charge on any atom is -0.338 e. The van der Waals surface area contributed by atoms with Crippen molar-refractivity contribution in [3.05, 3.63) is 71.1 Å². The topological polar surface area (TPSA) is 37.8 Å². The molecule has 0 saturated heterocycles. The molecule has 3 aromatic rings. The van der Waals surface area contributed by atoms with E-state index >= 15 is 0 Å². The van der Waals surface area contributed by atoms with Crippen LogP contribution in [-0.2, 0) is 0 Å². The van der Waals surface area contributed by atoms with E-state index in [1.807, 2.05) is 12.1 Å². The largest absolute Gasteiger partial charge is 0.338 e. The van der Waals surface area contributed by atoms with Gasteiger partial charge in [0, 0.05) is 18.1 Å². The van der Waals surface area contributed by atoms with Gasteiger partial charge in [0.25, 0.3) is 0 Å². The third-order valence-corrected chi connectivity index (χ3v) is 3.63. The fourth-order valence-corrected chi connectivity index (χ4v) is 2.58. The summed E-state index contributed by atoms with van der Waals surface area (Å²) < 4.78 is 0. The van der Waals surface area contributed by atoms with Crippen molar-refractivity contribution in [3.63, 3.8) is 0 Å². The van der Waals surface area contributed by atoms with Crippen molar-refractivity contribution < 1.29 is 0 Å². The number of nitrogens with zero attached hydrogens (tertiary/aromatic N) is 2. The van der Waals surface area contributed by atoms with Crippen molar-refractivity contribution in [3.8, 4) is 11.1 Å². The lowest BCUT2D eigenvalue weighted by Gasteiger charge is -2.09. The number of benzene rings is 2. The van der Waals surface area contributed by atoms with Crippen LogP contribution < -0.4 is 5.32 Å². The zero-order valence-electron chi connectivity index (χ0n) is 12.5. The van der Waals surface area contributed by atoms with E-state index in [-0.39, 0.29) is 0 Å². The molecule has 0 atom stereocenters. The summed E-state index contributed by atoms with van der Waals surface area (Å²) in [5, 5.41) is 3.53. The van der Waals surface area contributed by atoms with Crippen molar-refractivity contribution in [2.45, 2.75) is 13.8 Å². The molecule has 0 bridgehead atoms. The summed E-state index contributed by atoms with van der Waals surface area (Å²) in [6, 6.07) is 14.7. The molecular formula is C18H16ClN3. The molecule has 1 N–H and O–H groups in total. The summed E-state index contributed by atoms with van der Waals surface area (Å²) in [7, 11) is 0. The van der Waals surface area contributed by atoms with Gasteiger partial charge in [-0.25, -0.2) is 9.97 Å². The summed E-state index contributed by atoms with van der Waals surface area (Å²) in [4.78, 5) is 8.17. The highest BCUT2D eigenvalue weighted by molar-refractivity contribution is 6.31. The molecule has 0 saturated carbocycles. The zero-order chi connectivity index (χ0) is 15.5. The van der Waals surface area contributed by atoms with Gasteiger partial charge in [-0.05, 0) is 37.1 Å². The quantitative estimate of drug-likeness (QED) is 0.726. The normalized spacial score (nSPS) is 10.5.